The van der Waals surface area contributed by atoms with Gasteiger partial charge >= 0.3 is 0 Å². The van der Waals surface area contributed by atoms with Crippen LogP contribution >= 0.6 is 55.1 Å². The molecular weight excluding hydrogens is 629 g/mol. The van der Waals surface area contributed by atoms with Gasteiger partial charge in [0.2, 0.25) is 0 Å². The number of hydrazine groups is 1. The third-order valence-electron chi connectivity index (χ3n) is 7.08. The van der Waals surface area contributed by atoms with Crippen LogP contribution in [-0.2, 0) is 16.1 Å². The molecule has 1 aliphatic heterocycles. The first-order valence-corrected chi connectivity index (χ1v) is 13.3. The standard InChI is InChI=1S/C23H17Br2Cl2N3O5/c24-19-13-8-14(20(19)25)18-17(13)22(32)29(23(18)33)28(9-10-1-6-15(26)16(27)7-10)21(31)11-2-4-12(5-3-11)30(34)35/h1-7,13-14,17-20H,8-9H2/t13-,14-,17-,18-,19-,20+/m1/s1. The summed E-state index contributed by atoms with van der Waals surface area (Å²) < 4.78 is 0. The molecule has 3 aliphatic rings. The molecule has 3 fully saturated rings. The highest BCUT2D eigenvalue weighted by molar-refractivity contribution is 9.12. The van der Waals surface area contributed by atoms with Crippen LogP contribution in [0.15, 0.2) is 42.5 Å². The summed E-state index contributed by atoms with van der Waals surface area (Å²) in [6.07, 6.45) is 0.760. The first kappa shape index (κ1) is 24.7. The van der Waals surface area contributed by atoms with Crippen LogP contribution in [0.5, 0.6) is 0 Å². The molecule has 8 nitrogen and oxygen atoms in total. The number of nitro groups is 1. The largest absolute Gasteiger partial charge is 0.273 e. The van der Waals surface area contributed by atoms with E-state index in [1.807, 2.05) is 0 Å². The Morgan fingerprint density at radius 1 is 1.00 bits per heavy atom. The molecule has 0 N–H and O–H groups in total. The Kier molecular flexibility index (Phi) is 6.44. The van der Waals surface area contributed by atoms with E-state index in [-0.39, 0.29) is 44.3 Å². The van der Waals surface area contributed by atoms with E-state index in [0.717, 1.165) is 16.4 Å². The average molecular weight is 646 g/mol. The lowest BCUT2D eigenvalue weighted by atomic mass is 9.81. The fraction of sp³-hybridized carbons (Fsp3) is 0.348. The van der Waals surface area contributed by atoms with Crippen molar-refractivity contribution in [1.29, 1.82) is 0 Å². The van der Waals surface area contributed by atoms with Crippen LogP contribution in [0.1, 0.15) is 22.3 Å². The quantitative estimate of drug-likeness (QED) is 0.192. The number of nitrogens with zero attached hydrogens (tertiary/aromatic N) is 3. The van der Waals surface area contributed by atoms with Crippen molar-refractivity contribution in [2.75, 3.05) is 0 Å². The summed E-state index contributed by atoms with van der Waals surface area (Å²) in [6, 6.07) is 9.82. The maximum absolute atomic E-state index is 13.6. The maximum atomic E-state index is 13.6. The van der Waals surface area contributed by atoms with Crippen LogP contribution in [0.4, 0.5) is 5.69 Å². The van der Waals surface area contributed by atoms with Gasteiger partial charge in [-0.05, 0) is 48.1 Å². The number of hydrogen-bond donors (Lipinski definition) is 0. The highest BCUT2D eigenvalue weighted by Gasteiger charge is 2.67. The number of carbonyl (C=O) groups excluding carboxylic acids is 3. The van der Waals surface area contributed by atoms with E-state index in [9.17, 15) is 24.5 Å². The predicted molar refractivity (Wildman–Crippen MR) is 135 cm³/mol. The first-order valence-electron chi connectivity index (χ1n) is 10.8. The van der Waals surface area contributed by atoms with Gasteiger partial charge in [0.05, 0.1) is 33.3 Å². The first-order chi connectivity index (χ1) is 16.6. The third kappa shape index (κ3) is 3.98. The summed E-state index contributed by atoms with van der Waals surface area (Å²) in [6.45, 7) is -0.117. The zero-order valence-electron chi connectivity index (χ0n) is 17.8. The molecule has 2 aliphatic carbocycles. The number of non-ortho nitro benzene ring substituents is 1. The normalized spacial score (nSPS) is 29.0. The van der Waals surface area contributed by atoms with E-state index in [1.165, 1.54) is 24.3 Å². The van der Waals surface area contributed by atoms with Crippen LogP contribution in [0.25, 0.3) is 0 Å². The second-order valence-electron chi connectivity index (χ2n) is 8.91. The van der Waals surface area contributed by atoms with Crippen molar-refractivity contribution in [2.24, 2.45) is 23.7 Å². The van der Waals surface area contributed by atoms with Gasteiger partial charge in [-0.2, -0.15) is 5.01 Å². The number of alkyl halides is 2. The van der Waals surface area contributed by atoms with Crippen LogP contribution in [0.2, 0.25) is 10.0 Å². The topological polar surface area (TPSA) is 101 Å². The van der Waals surface area contributed by atoms with Gasteiger partial charge in [0.25, 0.3) is 23.4 Å². The van der Waals surface area contributed by atoms with E-state index in [1.54, 1.807) is 18.2 Å². The minimum atomic E-state index is -0.634. The third-order valence-corrected chi connectivity index (χ3v) is 11.0. The minimum Gasteiger partial charge on any atom is -0.272 e. The van der Waals surface area contributed by atoms with Gasteiger partial charge in [-0.25, -0.2) is 5.01 Å². The molecule has 3 amide bonds. The van der Waals surface area contributed by atoms with Gasteiger partial charge in [0, 0.05) is 27.4 Å². The summed E-state index contributed by atoms with van der Waals surface area (Å²) in [5, 5.41) is 13.7. The van der Waals surface area contributed by atoms with Gasteiger partial charge in [0.15, 0.2) is 0 Å². The molecule has 5 rings (SSSR count). The van der Waals surface area contributed by atoms with Crippen LogP contribution in [-0.4, -0.2) is 42.3 Å². The van der Waals surface area contributed by atoms with Gasteiger partial charge in [-0.15, -0.1) is 0 Å². The number of benzene rings is 2. The zero-order chi connectivity index (χ0) is 25.2. The van der Waals surface area contributed by atoms with Crippen molar-refractivity contribution in [3.05, 3.63) is 73.8 Å². The molecule has 12 heteroatoms. The van der Waals surface area contributed by atoms with Crippen molar-refractivity contribution >= 4 is 78.5 Å². The SMILES string of the molecule is O=C(c1ccc([N+](=O)[O-])cc1)N(Cc1ccc(Cl)c(Cl)c1)N1C(=O)[C@@H]2[C@H]3C[C@@H]([C@@H](Br)[C@H]3Br)[C@H]2C1=O. The molecule has 2 saturated carbocycles. The molecule has 1 heterocycles. The monoisotopic (exact) mass is 643 g/mol. The Labute approximate surface area is 226 Å². The fourth-order valence-corrected chi connectivity index (χ4v) is 7.68. The number of amides is 3. The molecule has 35 heavy (non-hydrogen) atoms. The Morgan fingerprint density at radius 3 is 2.09 bits per heavy atom. The number of halogens is 4. The minimum absolute atomic E-state index is 0.0165. The number of hydrogen-bond acceptors (Lipinski definition) is 5. The van der Waals surface area contributed by atoms with Gasteiger partial charge in [-0.3, -0.25) is 24.5 Å². The highest BCUT2D eigenvalue weighted by atomic mass is 79.9. The van der Waals surface area contributed by atoms with E-state index < -0.39 is 34.5 Å². The molecule has 0 unspecified atom stereocenters. The number of carbonyl (C=O) groups is 3. The smallest absolute Gasteiger partial charge is 0.272 e. The van der Waals surface area contributed by atoms with Crippen molar-refractivity contribution in [2.45, 2.75) is 22.6 Å². The number of imide groups is 1. The zero-order valence-corrected chi connectivity index (χ0v) is 22.5. The van der Waals surface area contributed by atoms with E-state index in [2.05, 4.69) is 31.9 Å². The molecule has 6 atom stereocenters. The lowest BCUT2D eigenvalue weighted by molar-refractivity contribution is -0.384. The van der Waals surface area contributed by atoms with Crippen molar-refractivity contribution in [3.63, 3.8) is 0 Å². The Bertz CT molecular complexity index is 1230. The number of fused-ring (bicyclic) bond motifs is 5. The van der Waals surface area contributed by atoms with Crippen molar-refractivity contribution in [3.8, 4) is 0 Å². The summed E-state index contributed by atoms with van der Waals surface area (Å²) in [7, 11) is 0. The number of nitro benzene ring substituents is 1. The van der Waals surface area contributed by atoms with Gasteiger partial charge < -0.3 is 0 Å². The van der Waals surface area contributed by atoms with E-state index in [4.69, 9.17) is 23.2 Å². The van der Waals surface area contributed by atoms with Gasteiger partial charge in [0.1, 0.15) is 0 Å². The average Bonchev–Trinajstić information content (AvgIpc) is 3.44. The molecule has 182 valence electrons. The molecule has 0 radical (unpaired) electrons. The Balaban J connectivity index is 1.52. The summed E-state index contributed by atoms with van der Waals surface area (Å²) in [4.78, 5) is 51.4. The molecular formula is C23H17Br2Cl2N3O5. The molecule has 2 aromatic carbocycles. The highest BCUT2D eigenvalue weighted by Crippen LogP contribution is 2.60. The van der Waals surface area contributed by atoms with Gasteiger partial charge in [-0.1, -0.05) is 61.1 Å². The fourth-order valence-electron chi connectivity index (χ4n) is 5.49. The lowest BCUT2D eigenvalue weighted by Gasteiger charge is -2.31. The van der Waals surface area contributed by atoms with E-state index >= 15 is 0 Å². The molecule has 1 saturated heterocycles. The molecule has 0 spiro atoms. The molecule has 0 aromatic heterocycles. The summed E-state index contributed by atoms with van der Waals surface area (Å²) in [5.74, 6) is -2.50. The summed E-state index contributed by atoms with van der Waals surface area (Å²) >= 11 is 19.5. The Morgan fingerprint density at radius 2 is 1.57 bits per heavy atom. The van der Waals surface area contributed by atoms with Crippen molar-refractivity contribution in [1.82, 2.24) is 10.0 Å². The van der Waals surface area contributed by atoms with E-state index in [0.29, 0.717) is 10.6 Å². The second kappa shape index (κ2) is 9.14. The van der Waals surface area contributed by atoms with Crippen molar-refractivity contribution < 1.29 is 19.3 Å². The second-order valence-corrected chi connectivity index (χ2v) is 11.8. The van der Waals surface area contributed by atoms with Crippen LogP contribution in [0, 0.1) is 33.8 Å². The maximum Gasteiger partial charge on any atom is 0.273 e. The molecule has 2 aromatic rings. The van der Waals surface area contributed by atoms with Crippen LogP contribution in [0.3, 0.4) is 0 Å². The molecule has 2 bridgehead atoms. The Hall–Kier alpha value is -2.01. The van der Waals surface area contributed by atoms with Crippen LogP contribution < -0.4 is 0 Å². The number of rotatable bonds is 5. The lowest BCUT2D eigenvalue weighted by Crippen LogP contribution is -2.50. The summed E-state index contributed by atoms with van der Waals surface area (Å²) in [5.41, 5.74) is 0.490. The predicted octanol–water partition coefficient (Wildman–Crippen LogP) is 5.24.